The van der Waals surface area contributed by atoms with E-state index in [2.05, 4.69) is 28.2 Å². The van der Waals surface area contributed by atoms with Crippen LogP contribution in [0.3, 0.4) is 0 Å². The van der Waals surface area contributed by atoms with E-state index in [1.54, 1.807) is 25.6 Å². The summed E-state index contributed by atoms with van der Waals surface area (Å²) >= 11 is 11.3. The number of ether oxygens (including phenoxy) is 2. The fourth-order valence-corrected chi connectivity index (χ4v) is 3.85. The number of halogens is 2. The first kappa shape index (κ1) is 16.6. The van der Waals surface area contributed by atoms with Crippen molar-refractivity contribution in [3.63, 3.8) is 0 Å². The lowest BCUT2D eigenvalue weighted by Crippen LogP contribution is -2.21. The normalized spacial score (nSPS) is 12.2. The fraction of sp³-hybridized carbons (Fsp3) is 0.333. The van der Waals surface area contributed by atoms with Crippen molar-refractivity contribution in [1.29, 1.82) is 0 Å². The SMILES string of the molecule is CCNC(c1ccc(Cl)s1)c1cc(OC)c(OC)cc1Br. The summed E-state index contributed by atoms with van der Waals surface area (Å²) in [5.74, 6) is 1.41. The highest BCUT2D eigenvalue weighted by molar-refractivity contribution is 9.10. The lowest BCUT2D eigenvalue weighted by molar-refractivity contribution is 0.354. The summed E-state index contributed by atoms with van der Waals surface area (Å²) in [4.78, 5) is 1.16. The summed E-state index contributed by atoms with van der Waals surface area (Å²) in [6.45, 7) is 2.93. The number of methoxy groups -OCH3 is 2. The van der Waals surface area contributed by atoms with Gasteiger partial charge in [0.05, 0.1) is 24.6 Å². The Bertz CT molecular complexity index is 618. The van der Waals surface area contributed by atoms with Gasteiger partial charge in [-0.05, 0) is 36.4 Å². The van der Waals surface area contributed by atoms with E-state index < -0.39 is 0 Å². The van der Waals surface area contributed by atoms with Crippen molar-refractivity contribution < 1.29 is 9.47 Å². The Labute approximate surface area is 142 Å². The summed E-state index contributed by atoms with van der Waals surface area (Å²) in [6.07, 6.45) is 0. The molecule has 0 radical (unpaired) electrons. The van der Waals surface area contributed by atoms with Gasteiger partial charge in [-0.3, -0.25) is 0 Å². The topological polar surface area (TPSA) is 30.5 Å². The molecular formula is C15H17BrClNO2S. The third kappa shape index (κ3) is 3.72. The van der Waals surface area contributed by atoms with E-state index in [-0.39, 0.29) is 6.04 Å². The highest BCUT2D eigenvalue weighted by atomic mass is 79.9. The Morgan fingerprint density at radius 3 is 2.43 bits per heavy atom. The molecule has 1 aromatic heterocycles. The Morgan fingerprint density at radius 2 is 1.90 bits per heavy atom. The molecule has 0 bridgehead atoms. The molecule has 1 heterocycles. The van der Waals surface area contributed by atoms with Gasteiger partial charge in [0.15, 0.2) is 11.5 Å². The molecule has 0 aliphatic carbocycles. The van der Waals surface area contributed by atoms with E-state index in [1.807, 2.05) is 24.3 Å². The fourth-order valence-electron chi connectivity index (χ4n) is 2.14. The monoisotopic (exact) mass is 389 g/mol. The van der Waals surface area contributed by atoms with Crippen LogP contribution in [0.2, 0.25) is 4.34 Å². The van der Waals surface area contributed by atoms with Crippen molar-refractivity contribution in [2.45, 2.75) is 13.0 Å². The second-order valence-electron chi connectivity index (χ2n) is 4.36. The average molecular weight is 391 g/mol. The highest BCUT2D eigenvalue weighted by Gasteiger charge is 2.20. The van der Waals surface area contributed by atoms with Gasteiger partial charge in [0.25, 0.3) is 0 Å². The second kappa shape index (κ2) is 7.49. The number of hydrogen-bond donors (Lipinski definition) is 1. The van der Waals surface area contributed by atoms with E-state index in [1.165, 1.54) is 0 Å². The predicted octanol–water partition coefficient (Wildman–Crippen LogP) is 4.88. The van der Waals surface area contributed by atoms with Crippen LogP contribution in [-0.2, 0) is 0 Å². The van der Waals surface area contributed by atoms with Gasteiger partial charge < -0.3 is 14.8 Å². The standard InChI is InChI=1S/C15H17BrClNO2S/c1-4-18-15(13-5-6-14(17)21-13)9-7-11(19-2)12(20-3)8-10(9)16/h5-8,15,18H,4H2,1-3H3. The molecular weight excluding hydrogens is 374 g/mol. The minimum Gasteiger partial charge on any atom is -0.493 e. The Morgan fingerprint density at radius 1 is 1.24 bits per heavy atom. The van der Waals surface area contributed by atoms with E-state index in [9.17, 15) is 0 Å². The van der Waals surface area contributed by atoms with Crippen LogP contribution in [0.4, 0.5) is 0 Å². The number of benzene rings is 1. The quantitative estimate of drug-likeness (QED) is 0.762. The molecule has 1 N–H and O–H groups in total. The zero-order chi connectivity index (χ0) is 15.4. The van der Waals surface area contributed by atoms with Gasteiger partial charge in [0.2, 0.25) is 0 Å². The molecule has 2 aromatic rings. The maximum atomic E-state index is 6.07. The maximum absolute atomic E-state index is 6.07. The summed E-state index contributed by atoms with van der Waals surface area (Å²) in [6, 6.07) is 7.93. The van der Waals surface area contributed by atoms with Crippen LogP contribution in [0.25, 0.3) is 0 Å². The molecule has 0 aliphatic rings. The predicted molar refractivity (Wildman–Crippen MR) is 92.1 cm³/mol. The van der Waals surface area contributed by atoms with Crippen molar-refractivity contribution in [2.24, 2.45) is 0 Å². The van der Waals surface area contributed by atoms with Crippen LogP contribution in [0.15, 0.2) is 28.7 Å². The molecule has 0 aliphatic heterocycles. The minimum absolute atomic E-state index is 0.0571. The summed E-state index contributed by atoms with van der Waals surface area (Å²) in [5, 5.41) is 3.48. The lowest BCUT2D eigenvalue weighted by Gasteiger charge is -2.20. The second-order valence-corrected chi connectivity index (χ2v) is 6.96. The van der Waals surface area contributed by atoms with Crippen LogP contribution in [0.1, 0.15) is 23.4 Å². The van der Waals surface area contributed by atoms with Crippen LogP contribution in [0, 0.1) is 0 Å². The van der Waals surface area contributed by atoms with E-state index in [0.29, 0.717) is 11.5 Å². The smallest absolute Gasteiger partial charge is 0.161 e. The Hall–Kier alpha value is -0.750. The molecule has 21 heavy (non-hydrogen) atoms. The Kier molecular flexibility index (Phi) is 5.93. The molecule has 2 rings (SSSR count). The number of nitrogens with one attached hydrogen (secondary N) is 1. The molecule has 1 aromatic carbocycles. The average Bonchev–Trinajstić information content (AvgIpc) is 2.91. The van der Waals surface area contributed by atoms with Crippen molar-refractivity contribution in [1.82, 2.24) is 5.32 Å². The molecule has 114 valence electrons. The zero-order valence-electron chi connectivity index (χ0n) is 12.1. The van der Waals surface area contributed by atoms with E-state index in [0.717, 1.165) is 25.8 Å². The molecule has 6 heteroatoms. The molecule has 0 saturated carbocycles. The molecule has 0 saturated heterocycles. The van der Waals surface area contributed by atoms with Gasteiger partial charge in [0.1, 0.15) is 0 Å². The van der Waals surface area contributed by atoms with Crippen molar-refractivity contribution in [3.8, 4) is 11.5 Å². The van der Waals surface area contributed by atoms with Gasteiger partial charge in [-0.2, -0.15) is 0 Å². The van der Waals surface area contributed by atoms with E-state index in [4.69, 9.17) is 21.1 Å². The first-order valence-corrected chi connectivity index (χ1v) is 8.49. The molecule has 0 spiro atoms. The number of rotatable bonds is 6. The van der Waals surface area contributed by atoms with Crippen molar-refractivity contribution >= 4 is 38.9 Å². The van der Waals surface area contributed by atoms with Gasteiger partial charge in [-0.25, -0.2) is 0 Å². The van der Waals surface area contributed by atoms with Crippen LogP contribution < -0.4 is 14.8 Å². The molecule has 0 amide bonds. The van der Waals surface area contributed by atoms with Gasteiger partial charge in [-0.15, -0.1) is 11.3 Å². The molecule has 3 nitrogen and oxygen atoms in total. The number of hydrogen-bond acceptors (Lipinski definition) is 4. The first-order chi connectivity index (χ1) is 10.1. The van der Waals surface area contributed by atoms with Gasteiger partial charge in [-0.1, -0.05) is 34.5 Å². The maximum Gasteiger partial charge on any atom is 0.161 e. The largest absolute Gasteiger partial charge is 0.493 e. The van der Waals surface area contributed by atoms with Crippen LogP contribution >= 0.6 is 38.9 Å². The van der Waals surface area contributed by atoms with E-state index >= 15 is 0 Å². The third-order valence-electron chi connectivity index (χ3n) is 3.10. The van der Waals surface area contributed by atoms with Gasteiger partial charge >= 0.3 is 0 Å². The van der Waals surface area contributed by atoms with Crippen molar-refractivity contribution in [2.75, 3.05) is 20.8 Å². The van der Waals surface area contributed by atoms with Gasteiger partial charge in [0, 0.05) is 9.35 Å². The first-order valence-electron chi connectivity index (χ1n) is 6.50. The Balaban J connectivity index is 2.49. The van der Waals surface area contributed by atoms with Crippen LogP contribution in [-0.4, -0.2) is 20.8 Å². The molecule has 1 unspecified atom stereocenters. The summed E-state index contributed by atoms with van der Waals surface area (Å²) < 4.78 is 12.5. The zero-order valence-corrected chi connectivity index (χ0v) is 15.2. The lowest BCUT2D eigenvalue weighted by atomic mass is 10.0. The third-order valence-corrected chi connectivity index (χ3v) is 5.08. The van der Waals surface area contributed by atoms with Crippen molar-refractivity contribution in [3.05, 3.63) is 43.5 Å². The molecule has 1 atom stereocenters. The highest BCUT2D eigenvalue weighted by Crippen LogP contribution is 2.39. The molecule has 0 fully saturated rings. The number of thiophene rings is 1. The summed E-state index contributed by atoms with van der Waals surface area (Å²) in [5.41, 5.74) is 1.09. The minimum atomic E-state index is 0.0571. The van der Waals surface area contributed by atoms with Crippen LogP contribution in [0.5, 0.6) is 11.5 Å². The summed E-state index contributed by atoms with van der Waals surface area (Å²) in [7, 11) is 3.27.